The molecule has 0 aliphatic carbocycles. The normalized spacial score (nSPS) is 12.4. The number of methoxy groups -OCH3 is 1. The lowest BCUT2D eigenvalue weighted by Crippen LogP contribution is -2.31. The summed E-state index contributed by atoms with van der Waals surface area (Å²) in [6.45, 7) is 7.19. The highest BCUT2D eigenvalue weighted by molar-refractivity contribution is 5.50. The third kappa shape index (κ3) is 5.49. The van der Waals surface area contributed by atoms with Crippen LogP contribution >= 0.6 is 0 Å². The largest absolute Gasteiger partial charge is 0.389 e. The van der Waals surface area contributed by atoms with E-state index in [0.717, 1.165) is 25.2 Å². The molecule has 4 heteroatoms. The zero-order valence-corrected chi connectivity index (χ0v) is 13.1. The number of nitrogens with zero attached hydrogens (tertiary/aromatic N) is 1. The van der Waals surface area contributed by atoms with Crippen molar-refractivity contribution in [2.45, 2.75) is 32.9 Å². The first kappa shape index (κ1) is 17.0. The van der Waals surface area contributed by atoms with Crippen molar-refractivity contribution < 1.29 is 9.84 Å². The van der Waals surface area contributed by atoms with Gasteiger partial charge in [0.25, 0.3) is 0 Å². The van der Waals surface area contributed by atoms with Gasteiger partial charge in [-0.2, -0.15) is 0 Å². The Morgan fingerprint density at radius 1 is 1.40 bits per heavy atom. The summed E-state index contributed by atoms with van der Waals surface area (Å²) in [6, 6.07) is 6.44. The summed E-state index contributed by atoms with van der Waals surface area (Å²) < 4.78 is 4.95. The second-order valence-corrected chi connectivity index (χ2v) is 5.28. The fraction of sp³-hybridized carbons (Fsp3) is 0.625. The predicted molar refractivity (Wildman–Crippen MR) is 84.3 cm³/mol. The molecule has 20 heavy (non-hydrogen) atoms. The second-order valence-electron chi connectivity index (χ2n) is 5.28. The number of benzene rings is 1. The van der Waals surface area contributed by atoms with Crippen LogP contribution in [0.2, 0.25) is 0 Å². The molecule has 0 bridgehead atoms. The number of anilines is 1. The second kappa shape index (κ2) is 8.95. The molecule has 0 saturated carbocycles. The molecule has 0 spiro atoms. The standard InChI is InChI=1S/C16H28N2O2/c1-5-8-17-10-14-6-7-15(9-13(14)2)18(3)11-16(19)12-20-4/h6-7,9,16-17,19H,5,8,10-12H2,1-4H3. The van der Waals surface area contributed by atoms with Gasteiger partial charge in [0.1, 0.15) is 0 Å². The smallest absolute Gasteiger partial charge is 0.0947 e. The van der Waals surface area contributed by atoms with E-state index in [1.807, 2.05) is 7.05 Å². The molecule has 4 nitrogen and oxygen atoms in total. The van der Waals surface area contributed by atoms with Gasteiger partial charge < -0.3 is 20.1 Å². The SMILES string of the molecule is CCCNCc1ccc(N(C)CC(O)COC)cc1C. The number of aliphatic hydroxyl groups is 1. The fourth-order valence-corrected chi connectivity index (χ4v) is 2.18. The zero-order chi connectivity index (χ0) is 15.0. The fourth-order valence-electron chi connectivity index (χ4n) is 2.18. The number of aryl methyl sites for hydroxylation is 1. The minimum absolute atomic E-state index is 0.363. The number of hydrogen-bond acceptors (Lipinski definition) is 4. The van der Waals surface area contributed by atoms with E-state index in [2.05, 4.69) is 42.3 Å². The maximum Gasteiger partial charge on any atom is 0.0947 e. The third-order valence-electron chi connectivity index (χ3n) is 3.35. The van der Waals surface area contributed by atoms with E-state index in [9.17, 15) is 5.11 Å². The van der Waals surface area contributed by atoms with E-state index in [1.54, 1.807) is 7.11 Å². The maximum atomic E-state index is 9.77. The van der Waals surface area contributed by atoms with Crippen LogP contribution in [-0.4, -0.2) is 45.1 Å². The van der Waals surface area contributed by atoms with Gasteiger partial charge in [-0.05, 0) is 43.1 Å². The number of nitrogens with one attached hydrogen (secondary N) is 1. The van der Waals surface area contributed by atoms with Gasteiger partial charge in [-0.15, -0.1) is 0 Å². The van der Waals surface area contributed by atoms with Gasteiger partial charge in [0.15, 0.2) is 0 Å². The number of likely N-dealkylation sites (N-methyl/N-ethyl adjacent to an activating group) is 1. The summed E-state index contributed by atoms with van der Waals surface area (Å²) >= 11 is 0. The maximum absolute atomic E-state index is 9.77. The van der Waals surface area contributed by atoms with Crippen LogP contribution in [-0.2, 0) is 11.3 Å². The van der Waals surface area contributed by atoms with Gasteiger partial charge >= 0.3 is 0 Å². The molecular weight excluding hydrogens is 252 g/mol. The van der Waals surface area contributed by atoms with E-state index in [1.165, 1.54) is 11.1 Å². The summed E-state index contributed by atoms with van der Waals surface area (Å²) in [6.07, 6.45) is 0.688. The number of rotatable bonds is 9. The summed E-state index contributed by atoms with van der Waals surface area (Å²) in [5.74, 6) is 0. The van der Waals surface area contributed by atoms with Crippen LogP contribution < -0.4 is 10.2 Å². The van der Waals surface area contributed by atoms with E-state index in [-0.39, 0.29) is 0 Å². The predicted octanol–water partition coefficient (Wildman–Crippen LogP) is 1.94. The molecule has 0 heterocycles. The van der Waals surface area contributed by atoms with Crippen LogP contribution in [0.25, 0.3) is 0 Å². The molecule has 0 aliphatic heterocycles. The Kier molecular flexibility index (Phi) is 7.59. The molecule has 1 unspecified atom stereocenters. The first-order valence-electron chi connectivity index (χ1n) is 7.26. The van der Waals surface area contributed by atoms with Crippen molar-refractivity contribution >= 4 is 5.69 Å². The van der Waals surface area contributed by atoms with Crippen LogP contribution in [0, 0.1) is 6.92 Å². The summed E-state index contributed by atoms with van der Waals surface area (Å²) in [4.78, 5) is 2.06. The summed E-state index contributed by atoms with van der Waals surface area (Å²) in [7, 11) is 3.59. The van der Waals surface area contributed by atoms with Crippen LogP contribution in [0.3, 0.4) is 0 Å². The van der Waals surface area contributed by atoms with E-state index >= 15 is 0 Å². The van der Waals surface area contributed by atoms with Gasteiger partial charge in [0.05, 0.1) is 12.7 Å². The lowest BCUT2D eigenvalue weighted by atomic mass is 10.1. The van der Waals surface area contributed by atoms with Crippen molar-refractivity contribution in [2.75, 3.05) is 38.8 Å². The van der Waals surface area contributed by atoms with Crippen molar-refractivity contribution in [3.63, 3.8) is 0 Å². The van der Waals surface area contributed by atoms with E-state index < -0.39 is 6.10 Å². The average Bonchev–Trinajstić information content (AvgIpc) is 2.41. The lowest BCUT2D eigenvalue weighted by molar-refractivity contribution is 0.0695. The Balaban J connectivity index is 2.61. The highest BCUT2D eigenvalue weighted by Crippen LogP contribution is 2.18. The van der Waals surface area contributed by atoms with Gasteiger partial charge in [-0.1, -0.05) is 13.0 Å². The topological polar surface area (TPSA) is 44.7 Å². The molecule has 114 valence electrons. The van der Waals surface area contributed by atoms with Crippen molar-refractivity contribution in [3.8, 4) is 0 Å². The van der Waals surface area contributed by atoms with Crippen molar-refractivity contribution in [1.29, 1.82) is 0 Å². The van der Waals surface area contributed by atoms with E-state index in [0.29, 0.717) is 13.2 Å². The monoisotopic (exact) mass is 280 g/mol. The Hall–Kier alpha value is -1.10. The molecule has 0 aliphatic rings. The van der Waals surface area contributed by atoms with Crippen LogP contribution in [0.5, 0.6) is 0 Å². The van der Waals surface area contributed by atoms with Crippen molar-refractivity contribution in [3.05, 3.63) is 29.3 Å². The van der Waals surface area contributed by atoms with Crippen molar-refractivity contribution in [2.24, 2.45) is 0 Å². The molecule has 0 fully saturated rings. The molecule has 0 radical (unpaired) electrons. The Labute approximate surface area is 122 Å². The number of ether oxygens (including phenoxy) is 1. The molecule has 1 rings (SSSR count). The van der Waals surface area contributed by atoms with Gasteiger partial charge in [0, 0.05) is 32.9 Å². The summed E-state index contributed by atoms with van der Waals surface area (Å²) in [5, 5.41) is 13.2. The molecule has 2 N–H and O–H groups in total. The minimum Gasteiger partial charge on any atom is -0.389 e. The molecule has 1 atom stereocenters. The van der Waals surface area contributed by atoms with Crippen LogP contribution in [0.4, 0.5) is 5.69 Å². The summed E-state index contributed by atoms with van der Waals surface area (Å²) in [5.41, 5.74) is 3.73. The molecule has 0 amide bonds. The zero-order valence-electron chi connectivity index (χ0n) is 13.1. The Bertz CT molecular complexity index is 396. The van der Waals surface area contributed by atoms with Crippen LogP contribution in [0.15, 0.2) is 18.2 Å². The Morgan fingerprint density at radius 3 is 2.75 bits per heavy atom. The molecule has 1 aromatic rings. The minimum atomic E-state index is -0.462. The molecular formula is C16H28N2O2. The first-order chi connectivity index (χ1) is 9.58. The van der Waals surface area contributed by atoms with Gasteiger partial charge in [-0.3, -0.25) is 0 Å². The van der Waals surface area contributed by atoms with Crippen molar-refractivity contribution in [1.82, 2.24) is 5.32 Å². The number of aliphatic hydroxyl groups excluding tert-OH is 1. The third-order valence-corrected chi connectivity index (χ3v) is 3.35. The lowest BCUT2D eigenvalue weighted by Gasteiger charge is -2.23. The van der Waals surface area contributed by atoms with E-state index in [4.69, 9.17) is 4.74 Å². The highest BCUT2D eigenvalue weighted by Gasteiger charge is 2.09. The molecule has 0 saturated heterocycles. The van der Waals surface area contributed by atoms with Gasteiger partial charge in [-0.25, -0.2) is 0 Å². The first-order valence-corrected chi connectivity index (χ1v) is 7.26. The molecule has 1 aromatic carbocycles. The quantitative estimate of drug-likeness (QED) is 0.679. The number of hydrogen-bond donors (Lipinski definition) is 2. The van der Waals surface area contributed by atoms with Crippen LogP contribution in [0.1, 0.15) is 24.5 Å². The average molecular weight is 280 g/mol. The molecule has 0 aromatic heterocycles. The Morgan fingerprint density at radius 2 is 2.15 bits per heavy atom. The highest BCUT2D eigenvalue weighted by atomic mass is 16.5. The van der Waals surface area contributed by atoms with Gasteiger partial charge in [0.2, 0.25) is 0 Å².